The predicted molar refractivity (Wildman–Crippen MR) is 96.7 cm³/mol. The Morgan fingerprint density at radius 2 is 1.93 bits per heavy atom. The third-order valence-corrected chi connectivity index (χ3v) is 5.38. The molecule has 1 atom stereocenters. The topological polar surface area (TPSA) is 145 Å². The van der Waals surface area contributed by atoms with Crippen molar-refractivity contribution in [2.75, 3.05) is 13.2 Å². The molecule has 1 amide bonds. The lowest BCUT2D eigenvalue weighted by molar-refractivity contribution is -0.119. The second-order valence-corrected chi connectivity index (χ2v) is 7.67. The summed E-state index contributed by atoms with van der Waals surface area (Å²) < 4.78 is 42.9. The van der Waals surface area contributed by atoms with Crippen LogP contribution in [0.1, 0.15) is 11.3 Å². The van der Waals surface area contributed by atoms with Gasteiger partial charge in [0.25, 0.3) is 5.91 Å². The fourth-order valence-corrected chi connectivity index (χ4v) is 3.56. The van der Waals surface area contributed by atoms with Gasteiger partial charge < -0.3 is 24.4 Å². The Bertz CT molecular complexity index is 976. The zero-order chi connectivity index (χ0) is 20.2. The van der Waals surface area contributed by atoms with Crippen LogP contribution in [0.15, 0.2) is 75.0 Å². The number of primary amides is 1. The fraction of sp³-hybridized carbons (Fsp3) is 0.167. The molecule has 148 valence electrons. The number of hydrogen-bond donors (Lipinski definition) is 3. The molecule has 3 aromatic rings. The van der Waals surface area contributed by atoms with E-state index in [1.54, 1.807) is 6.07 Å². The lowest BCUT2D eigenvalue weighted by Gasteiger charge is -2.25. The van der Waals surface area contributed by atoms with Gasteiger partial charge in [-0.2, -0.15) is 0 Å². The highest BCUT2D eigenvalue weighted by molar-refractivity contribution is 7.89. The Labute approximate surface area is 160 Å². The molecule has 3 rings (SSSR count). The van der Waals surface area contributed by atoms with Gasteiger partial charge in [0.2, 0.25) is 10.0 Å². The van der Waals surface area contributed by atoms with Crippen molar-refractivity contribution in [1.82, 2.24) is 4.72 Å². The Morgan fingerprint density at radius 3 is 2.50 bits per heavy atom. The van der Waals surface area contributed by atoms with E-state index >= 15 is 0 Å². The standard InChI is InChI=1S/C18H18N2O7S/c19-17(21)11-27-14-3-5-15(6-4-14)28(23,24)20-12-18(22,13-7-9-25-10-13)16-2-1-8-26-16/h1-10,20,22H,11-12H2,(H2,19,21)/t18-/m0/s1. The highest BCUT2D eigenvalue weighted by Gasteiger charge is 2.37. The second kappa shape index (κ2) is 7.89. The van der Waals surface area contributed by atoms with E-state index in [1.165, 1.54) is 55.2 Å². The lowest BCUT2D eigenvalue weighted by Crippen LogP contribution is -2.41. The van der Waals surface area contributed by atoms with Gasteiger partial charge in [-0.1, -0.05) is 0 Å². The molecule has 10 heteroatoms. The first-order valence-electron chi connectivity index (χ1n) is 8.11. The van der Waals surface area contributed by atoms with Gasteiger partial charge in [0.1, 0.15) is 11.5 Å². The molecule has 4 N–H and O–H groups in total. The third kappa shape index (κ3) is 4.25. The summed E-state index contributed by atoms with van der Waals surface area (Å²) in [6, 6.07) is 10.0. The molecular formula is C18H18N2O7S. The Hall–Kier alpha value is -3.08. The number of sulfonamides is 1. The highest BCUT2D eigenvalue weighted by Crippen LogP contribution is 2.30. The van der Waals surface area contributed by atoms with Crippen molar-refractivity contribution >= 4 is 15.9 Å². The van der Waals surface area contributed by atoms with Crippen molar-refractivity contribution in [3.63, 3.8) is 0 Å². The van der Waals surface area contributed by atoms with E-state index in [0.717, 1.165) is 0 Å². The molecule has 0 unspecified atom stereocenters. The first kappa shape index (κ1) is 19.7. The number of aliphatic hydroxyl groups is 1. The quantitative estimate of drug-likeness (QED) is 0.480. The number of carbonyl (C=O) groups is 1. The molecule has 0 aliphatic rings. The van der Waals surface area contributed by atoms with Gasteiger partial charge in [0.15, 0.2) is 12.2 Å². The number of nitrogens with two attached hydrogens (primary N) is 1. The van der Waals surface area contributed by atoms with E-state index in [9.17, 15) is 18.3 Å². The number of nitrogens with one attached hydrogen (secondary N) is 1. The fourth-order valence-electron chi connectivity index (χ4n) is 2.50. The molecule has 9 nitrogen and oxygen atoms in total. The summed E-state index contributed by atoms with van der Waals surface area (Å²) in [4.78, 5) is 10.7. The average molecular weight is 406 g/mol. The molecule has 0 radical (unpaired) electrons. The maximum Gasteiger partial charge on any atom is 0.255 e. The summed E-state index contributed by atoms with van der Waals surface area (Å²) in [6.07, 6.45) is 4.05. The largest absolute Gasteiger partial charge is 0.484 e. The van der Waals surface area contributed by atoms with Crippen molar-refractivity contribution in [2.45, 2.75) is 10.5 Å². The van der Waals surface area contributed by atoms with Gasteiger partial charge in [-0.15, -0.1) is 0 Å². The van der Waals surface area contributed by atoms with Crippen LogP contribution in [0.3, 0.4) is 0 Å². The number of furan rings is 2. The normalized spacial score (nSPS) is 13.8. The maximum atomic E-state index is 12.6. The molecule has 0 spiro atoms. The van der Waals surface area contributed by atoms with E-state index in [0.29, 0.717) is 11.3 Å². The molecule has 0 saturated carbocycles. The van der Waals surface area contributed by atoms with Crippen LogP contribution >= 0.6 is 0 Å². The van der Waals surface area contributed by atoms with Crippen LogP contribution < -0.4 is 15.2 Å². The number of benzene rings is 1. The van der Waals surface area contributed by atoms with Crippen LogP contribution in [0.25, 0.3) is 0 Å². The van der Waals surface area contributed by atoms with Crippen LogP contribution in [0.5, 0.6) is 5.75 Å². The molecule has 0 bridgehead atoms. The molecule has 0 aliphatic carbocycles. The molecule has 0 saturated heterocycles. The zero-order valence-corrected chi connectivity index (χ0v) is 15.4. The second-order valence-electron chi connectivity index (χ2n) is 5.90. The Kier molecular flexibility index (Phi) is 5.54. The van der Waals surface area contributed by atoms with Crippen LogP contribution in [-0.4, -0.2) is 32.6 Å². The van der Waals surface area contributed by atoms with Crippen molar-refractivity contribution in [2.24, 2.45) is 5.73 Å². The van der Waals surface area contributed by atoms with Crippen LogP contribution in [0, 0.1) is 0 Å². The molecule has 0 fully saturated rings. The van der Waals surface area contributed by atoms with E-state index in [-0.39, 0.29) is 23.8 Å². The molecule has 2 aromatic heterocycles. The Balaban J connectivity index is 1.77. The van der Waals surface area contributed by atoms with Crippen LogP contribution in [0.2, 0.25) is 0 Å². The molecule has 0 aliphatic heterocycles. The first-order valence-corrected chi connectivity index (χ1v) is 9.59. The van der Waals surface area contributed by atoms with Crippen molar-refractivity contribution < 1.29 is 31.9 Å². The number of carbonyl (C=O) groups excluding carboxylic acids is 1. The summed E-state index contributed by atoms with van der Waals surface area (Å²) in [5.41, 5.74) is 3.57. The van der Waals surface area contributed by atoms with Gasteiger partial charge in [-0.25, -0.2) is 13.1 Å². The molecule has 28 heavy (non-hydrogen) atoms. The molecular weight excluding hydrogens is 388 g/mol. The van der Waals surface area contributed by atoms with Gasteiger partial charge in [0, 0.05) is 5.56 Å². The monoisotopic (exact) mass is 406 g/mol. The Morgan fingerprint density at radius 1 is 1.18 bits per heavy atom. The predicted octanol–water partition coefficient (Wildman–Crippen LogP) is 0.951. The number of hydrogen-bond acceptors (Lipinski definition) is 7. The SMILES string of the molecule is NC(=O)COc1ccc(S(=O)(=O)NC[C@](O)(c2ccoc2)c2ccco2)cc1. The van der Waals surface area contributed by atoms with E-state index in [4.69, 9.17) is 19.3 Å². The number of ether oxygens (including phenoxy) is 1. The van der Waals surface area contributed by atoms with Gasteiger partial charge in [-0.05, 0) is 42.5 Å². The minimum atomic E-state index is -3.95. The van der Waals surface area contributed by atoms with Crippen molar-refractivity contribution in [1.29, 1.82) is 0 Å². The van der Waals surface area contributed by atoms with E-state index < -0.39 is 21.5 Å². The van der Waals surface area contributed by atoms with Gasteiger partial charge in [0.05, 0.1) is 30.2 Å². The zero-order valence-electron chi connectivity index (χ0n) is 14.6. The van der Waals surface area contributed by atoms with Crippen molar-refractivity contribution in [3.8, 4) is 5.75 Å². The summed E-state index contributed by atoms with van der Waals surface area (Å²) in [5.74, 6) is -0.190. The van der Waals surface area contributed by atoms with Crippen LogP contribution in [-0.2, 0) is 20.4 Å². The number of amides is 1. The van der Waals surface area contributed by atoms with E-state index in [2.05, 4.69) is 4.72 Å². The summed E-state index contributed by atoms with van der Waals surface area (Å²) >= 11 is 0. The number of rotatable bonds is 9. The first-order chi connectivity index (χ1) is 13.3. The molecule has 2 heterocycles. The summed E-state index contributed by atoms with van der Waals surface area (Å²) in [5, 5.41) is 11.1. The third-order valence-electron chi connectivity index (χ3n) is 3.96. The smallest absolute Gasteiger partial charge is 0.255 e. The van der Waals surface area contributed by atoms with E-state index in [1.807, 2.05) is 0 Å². The lowest BCUT2D eigenvalue weighted by atomic mass is 9.94. The highest BCUT2D eigenvalue weighted by atomic mass is 32.2. The molecule has 1 aromatic carbocycles. The maximum absolute atomic E-state index is 12.6. The average Bonchev–Trinajstić information content (AvgIpc) is 3.39. The minimum Gasteiger partial charge on any atom is -0.484 e. The summed E-state index contributed by atoms with van der Waals surface area (Å²) in [6.45, 7) is -0.701. The summed E-state index contributed by atoms with van der Waals surface area (Å²) in [7, 11) is -3.95. The minimum absolute atomic E-state index is 0.0482. The van der Waals surface area contributed by atoms with Crippen LogP contribution in [0.4, 0.5) is 0 Å². The van der Waals surface area contributed by atoms with Crippen molar-refractivity contribution in [3.05, 3.63) is 72.6 Å². The van der Waals surface area contributed by atoms with Gasteiger partial charge >= 0.3 is 0 Å². The van der Waals surface area contributed by atoms with Gasteiger partial charge in [-0.3, -0.25) is 4.79 Å².